The molecule has 0 atom stereocenters. The molecule has 1 fully saturated rings. The zero-order valence-corrected chi connectivity index (χ0v) is 18.1. The fraction of sp³-hybridized carbons (Fsp3) is 0.500. The number of alkyl halides is 6. The lowest BCUT2D eigenvalue weighted by atomic mass is 9.94. The largest absolute Gasteiger partial charge is 0.490 e. The number of nitrogens with zero attached hydrogens (tertiary/aromatic N) is 1. The molecule has 0 radical (unpaired) electrons. The Kier molecular flexibility index (Phi) is 10.5. The number of nitrogens with two attached hydrogens (primary N) is 1. The standard InChI is InChI=1S/C16H21N3O2.2C2HF3O2/c17-16(21)13-2-1-12-5-8-19(14(12)10-13)15(20)9-11-3-6-18-7-4-11;2*3-2(4,5)1(6)7/h1-2,10-11,18H,3-9H2,(H2,17,21);2*(H,6,7). The maximum Gasteiger partial charge on any atom is 0.490 e. The van der Waals surface area contributed by atoms with Gasteiger partial charge in [-0.15, -0.1) is 0 Å². The maximum absolute atomic E-state index is 12.5. The van der Waals surface area contributed by atoms with E-state index < -0.39 is 30.2 Å². The van der Waals surface area contributed by atoms with Crippen LogP contribution in [0.25, 0.3) is 0 Å². The number of primary amides is 1. The summed E-state index contributed by atoms with van der Waals surface area (Å²) in [5, 5.41) is 17.6. The third-order valence-electron chi connectivity index (χ3n) is 4.97. The minimum absolute atomic E-state index is 0.169. The molecule has 1 aromatic rings. The van der Waals surface area contributed by atoms with Crippen LogP contribution in [0.1, 0.15) is 35.2 Å². The van der Waals surface area contributed by atoms with Gasteiger partial charge in [-0.25, -0.2) is 9.59 Å². The first-order valence-corrected chi connectivity index (χ1v) is 10.1. The highest BCUT2D eigenvalue weighted by atomic mass is 19.4. The van der Waals surface area contributed by atoms with Crippen molar-refractivity contribution in [1.29, 1.82) is 0 Å². The molecule has 0 aliphatic carbocycles. The number of carbonyl (C=O) groups is 4. The van der Waals surface area contributed by atoms with Crippen LogP contribution in [0.4, 0.5) is 32.0 Å². The Morgan fingerprint density at radius 1 is 0.971 bits per heavy atom. The fourth-order valence-corrected chi connectivity index (χ4v) is 3.23. The van der Waals surface area contributed by atoms with Crippen molar-refractivity contribution in [3.63, 3.8) is 0 Å². The van der Waals surface area contributed by atoms with E-state index in [9.17, 15) is 35.9 Å². The molecule has 0 spiro atoms. The lowest BCUT2D eigenvalue weighted by molar-refractivity contribution is -0.193. The molecule has 3 rings (SSSR count). The Morgan fingerprint density at radius 2 is 1.46 bits per heavy atom. The van der Waals surface area contributed by atoms with Crippen LogP contribution in [0.2, 0.25) is 0 Å². The van der Waals surface area contributed by atoms with Crippen LogP contribution in [-0.4, -0.2) is 66.0 Å². The van der Waals surface area contributed by atoms with Crippen molar-refractivity contribution in [2.75, 3.05) is 24.5 Å². The van der Waals surface area contributed by atoms with Gasteiger partial charge in [0.1, 0.15) is 0 Å². The summed E-state index contributed by atoms with van der Waals surface area (Å²) < 4.78 is 63.5. The summed E-state index contributed by atoms with van der Waals surface area (Å²) in [6.07, 6.45) is -6.59. The molecule has 35 heavy (non-hydrogen) atoms. The Bertz CT molecular complexity index is 905. The van der Waals surface area contributed by atoms with E-state index in [1.165, 1.54) is 0 Å². The number of halogens is 6. The Hall–Kier alpha value is -3.36. The number of piperidine rings is 1. The lowest BCUT2D eigenvalue weighted by Gasteiger charge is -2.25. The number of amides is 2. The summed E-state index contributed by atoms with van der Waals surface area (Å²) in [6.45, 7) is 2.71. The van der Waals surface area contributed by atoms with Crippen molar-refractivity contribution < 1.29 is 55.7 Å². The van der Waals surface area contributed by atoms with Crippen molar-refractivity contribution in [2.45, 2.75) is 38.0 Å². The Balaban J connectivity index is 0.000000362. The zero-order valence-electron chi connectivity index (χ0n) is 18.1. The molecule has 0 saturated carbocycles. The van der Waals surface area contributed by atoms with Crippen LogP contribution in [0.15, 0.2) is 18.2 Å². The van der Waals surface area contributed by atoms with Gasteiger partial charge in [-0.1, -0.05) is 6.07 Å². The van der Waals surface area contributed by atoms with Crippen LogP contribution >= 0.6 is 0 Å². The van der Waals surface area contributed by atoms with Crippen molar-refractivity contribution in [1.82, 2.24) is 5.32 Å². The summed E-state index contributed by atoms with van der Waals surface area (Å²) in [5.41, 5.74) is 7.79. The van der Waals surface area contributed by atoms with Crippen molar-refractivity contribution >= 4 is 29.4 Å². The second-order valence-electron chi connectivity index (χ2n) is 7.51. The Labute approximate surface area is 194 Å². The monoisotopic (exact) mass is 515 g/mol. The summed E-state index contributed by atoms with van der Waals surface area (Å²) >= 11 is 0. The van der Waals surface area contributed by atoms with E-state index in [1.54, 1.807) is 12.1 Å². The number of carboxylic acid groups (broad SMARTS) is 2. The molecule has 2 amide bonds. The molecule has 0 unspecified atom stereocenters. The number of carbonyl (C=O) groups excluding carboxylic acids is 2. The van der Waals surface area contributed by atoms with Crippen LogP contribution in [-0.2, 0) is 20.8 Å². The first-order chi connectivity index (χ1) is 16.0. The van der Waals surface area contributed by atoms with Gasteiger partial charge in [0.05, 0.1) is 0 Å². The van der Waals surface area contributed by atoms with Crippen molar-refractivity contribution in [2.24, 2.45) is 11.7 Å². The maximum atomic E-state index is 12.5. The topological polar surface area (TPSA) is 150 Å². The molecular weight excluding hydrogens is 492 g/mol. The SMILES string of the molecule is NC(=O)c1ccc2c(c1)N(C(=O)CC1CCNCC1)CC2.O=C(O)C(F)(F)F.O=C(O)C(F)(F)F. The molecule has 1 saturated heterocycles. The van der Waals surface area contributed by atoms with Gasteiger partial charge in [0, 0.05) is 24.2 Å². The molecular formula is C20H23F6N3O6. The number of nitrogens with one attached hydrogen (secondary N) is 1. The highest BCUT2D eigenvalue weighted by Gasteiger charge is 2.38. The van der Waals surface area contributed by atoms with Crippen molar-refractivity contribution in [3.8, 4) is 0 Å². The van der Waals surface area contributed by atoms with Crippen molar-refractivity contribution in [3.05, 3.63) is 29.3 Å². The predicted octanol–water partition coefficient (Wildman–Crippen LogP) is 2.33. The van der Waals surface area contributed by atoms with E-state index in [0.717, 1.165) is 43.6 Å². The molecule has 0 aromatic heterocycles. The molecule has 9 nitrogen and oxygen atoms in total. The number of hydrogen-bond acceptors (Lipinski definition) is 5. The van der Waals surface area contributed by atoms with Gasteiger partial charge in [-0.2, -0.15) is 26.3 Å². The number of aliphatic carboxylic acids is 2. The number of rotatable bonds is 3. The van der Waals surface area contributed by atoms with Crippen LogP contribution in [0.5, 0.6) is 0 Å². The number of anilines is 1. The van der Waals surface area contributed by atoms with Gasteiger partial charge < -0.3 is 26.2 Å². The van der Waals surface area contributed by atoms with E-state index in [2.05, 4.69) is 5.32 Å². The second kappa shape index (κ2) is 12.4. The molecule has 2 heterocycles. The summed E-state index contributed by atoms with van der Waals surface area (Å²) in [7, 11) is 0. The number of hydrogen-bond donors (Lipinski definition) is 4. The first-order valence-electron chi connectivity index (χ1n) is 10.1. The summed E-state index contributed by atoms with van der Waals surface area (Å²) in [6, 6.07) is 5.40. The van der Waals surface area contributed by atoms with Gasteiger partial charge in [-0.3, -0.25) is 9.59 Å². The average molecular weight is 515 g/mol. The van der Waals surface area contributed by atoms with E-state index in [1.807, 2.05) is 11.0 Å². The van der Waals surface area contributed by atoms with E-state index in [0.29, 0.717) is 24.4 Å². The van der Waals surface area contributed by atoms with Crippen LogP contribution < -0.4 is 16.0 Å². The predicted molar refractivity (Wildman–Crippen MR) is 109 cm³/mol. The molecule has 0 bridgehead atoms. The minimum atomic E-state index is -5.08. The van der Waals surface area contributed by atoms with Gasteiger partial charge in [0.15, 0.2) is 0 Å². The number of carboxylic acids is 2. The molecule has 5 N–H and O–H groups in total. The third kappa shape index (κ3) is 9.80. The van der Waals surface area contributed by atoms with Gasteiger partial charge in [0.25, 0.3) is 0 Å². The van der Waals surface area contributed by atoms with Gasteiger partial charge >= 0.3 is 24.3 Å². The highest BCUT2D eigenvalue weighted by molar-refractivity contribution is 5.99. The summed E-state index contributed by atoms with van der Waals surface area (Å²) in [5.74, 6) is -5.32. The number of benzene rings is 1. The number of fused-ring (bicyclic) bond motifs is 1. The third-order valence-corrected chi connectivity index (χ3v) is 4.97. The second-order valence-corrected chi connectivity index (χ2v) is 7.51. The smallest absolute Gasteiger partial charge is 0.475 e. The molecule has 2 aliphatic rings. The zero-order chi connectivity index (χ0) is 27.0. The quantitative estimate of drug-likeness (QED) is 0.451. The van der Waals surface area contributed by atoms with Gasteiger partial charge in [-0.05, 0) is 56.0 Å². The lowest BCUT2D eigenvalue weighted by Crippen LogP contribution is -2.34. The molecule has 196 valence electrons. The molecule has 2 aliphatic heterocycles. The highest BCUT2D eigenvalue weighted by Crippen LogP contribution is 2.31. The molecule has 1 aromatic carbocycles. The fourth-order valence-electron chi connectivity index (χ4n) is 3.23. The first kappa shape index (κ1) is 29.7. The summed E-state index contributed by atoms with van der Waals surface area (Å²) in [4.78, 5) is 43.5. The van der Waals surface area contributed by atoms with E-state index in [-0.39, 0.29) is 5.91 Å². The van der Waals surface area contributed by atoms with Gasteiger partial charge in [0.2, 0.25) is 11.8 Å². The van der Waals surface area contributed by atoms with Crippen LogP contribution in [0.3, 0.4) is 0 Å². The average Bonchev–Trinajstić information content (AvgIpc) is 3.17. The van der Waals surface area contributed by atoms with E-state index >= 15 is 0 Å². The minimum Gasteiger partial charge on any atom is -0.475 e. The van der Waals surface area contributed by atoms with E-state index in [4.69, 9.17) is 25.5 Å². The molecule has 15 heteroatoms. The van der Waals surface area contributed by atoms with Crippen LogP contribution in [0, 0.1) is 5.92 Å². The normalized spacial score (nSPS) is 15.7. The Morgan fingerprint density at radius 3 is 1.89 bits per heavy atom.